The van der Waals surface area contributed by atoms with Crippen molar-refractivity contribution in [3.05, 3.63) is 17.0 Å². The summed E-state index contributed by atoms with van der Waals surface area (Å²) in [6, 6.07) is 2.15. The van der Waals surface area contributed by atoms with Gasteiger partial charge in [0.1, 0.15) is 6.07 Å². The number of nitriles is 1. The number of H-pyrrole nitrogens is 1. The molecule has 0 saturated heterocycles. The molecule has 0 saturated carbocycles. The van der Waals surface area contributed by atoms with Gasteiger partial charge in [0, 0.05) is 0 Å². The Labute approximate surface area is 66.0 Å². The predicted molar refractivity (Wildman–Crippen MR) is 42.1 cm³/mol. The molecule has 0 unspecified atom stereocenters. The van der Waals surface area contributed by atoms with E-state index in [2.05, 4.69) is 16.3 Å². The third-order valence-corrected chi connectivity index (χ3v) is 1.72. The highest BCUT2D eigenvalue weighted by atomic mass is 15.1. The van der Waals surface area contributed by atoms with E-state index in [-0.39, 0.29) is 0 Å². The molecule has 0 aliphatic rings. The first-order valence-corrected chi connectivity index (χ1v) is 3.79. The van der Waals surface area contributed by atoms with Crippen LogP contribution in [0.1, 0.15) is 30.8 Å². The summed E-state index contributed by atoms with van der Waals surface area (Å²) in [5, 5.41) is 15.6. The summed E-state index contributed by atoms with van der Waals surface area (Å²) < 4.78 is 0. The van der Waals surface area contributed by atoms with Crippen LogP contribution in [0.2, 0.25) is 0 Å². The number of aromatic nitrogens is 2. The first kappa shape index (κ1) is 7.80. The zero-order valence-corrected chi connectivity index (χ0v) is 6.81. The van der Waals surface area contributed by atoms with Gasteiger partial charge in [0.2, 0.25) is 0 Å². The van der Waals surface area contributed by atoms with Gasteiger partial charge >= 0.3 is 0 Å². The molecule has 0 bridgehead atoms. The van der Waals surface area contributed by atoms with E-state index < -0.39 is 0 Å². The molecule has 1 rings (SSSR count). The predicted octanol–water partition coefficient (Wildman–Crippen LogP) is 1.41. The van der Waals surface area contributed by atoms with Crippen LogP contribution in [0, 0.1) is 11.3 Å². The minimum atomic E-state index is 0.731. The highest BCUT2D eigenvalue weighted by Gasteiger charge is 2.08. The van der Waals surface area contributed by atoms with Crippen molar-refractivity contribution in [3.63, 3.8) is 0 Å². The van der Waals surface area contributed by atoms with Gasteiger partial charge in [-0.1, -0.05) is 13.8 Å². The second-order valence-corrected chi connectivity index (χ2v) is 2.34. The number of aryl methyl sites for hydroxylation is 2. The first-order chi connectivity index (χ1) is 5.33. The second-order valence-electron chi connectivity index (χ2n) is 2.34. The Morgan fingerprint density at radius 3 is 2.64 bits per heavy atom. The molecule has 1 aromatic rings. The van der Waals surface area contributed by atoms with Crippen LogP contribution in [0.3, 0.4) is 0 Å². The van der Waals surface area contributed by atoms with Crippen LogP contribution >= 0.6 is 0 Å². The maximum absolute atomic E-state index is 8.74. The molecule has 11 heavy (non-hydrogen) atoms. The van der Waals surface area contributed by atoms with Crippen LogP contribution < -0.4 is 0 Å². The lowest BCUT2D eigenvalue weighted by molar-refractivity contribution is 0.936. The molecule has 0 radical (unpaired) electrons. The lowest BCUT2D eigenvalue weighted by Crippen LogP contribution is -1.86. The van der Waals surface area contributed by atoms with Crippen LogP contribution in [0.5, 0.6) is 0 Å². The Hall–Kier alpha value is -1.30. The number of nitrogens with one attached hydrogen (secondary N) is 1. The van der Waals surface area contributed by atoms with Gasteiger partial charge in [0.05, 0.1) is 17.0 Å². The summed E-state index contributed by atoms with van der Waals surface area (Å²) in [7, 11) is 0. The Kier molecular flexibility index (Phi) is 2.27. The van der Waals surface area contributed by atoms with Crippen LogP contribution in [0.25, 0.3) is 0 Å². The molecular formula is C8H11N3. The number of rotatable bonds is 2. The van der Waals surface area contributed by atoms with Gasteiger partial charge in [0.15, 0.2) is 0 Å². The van der Waals surface area contributed by atoms with E-state index in [0.29, 0.717) is 0 Å². The van der Waals surface area contributed by atoms with E-state index in [1.165, 1.54) is 0 Å². The second kappa shape index (κ2) is 3.20. The molecule has 1 N–H and O–H groups in total. The molecule has 0 atom stereocenters. The van der Waals surface area contributed by atoms with E-state index in [4.69, 9.17) is 5.26 Å². The summed E-state index contributed by atoms with van der Waals surface area (Å²) in [6.07, 6.45) is 1.66. The molecule has 1 heterocycles. The van der Waals surface area contributed by atoms with Gasteiger partial charge in [0.25, 0.3) is 0 Å². The van der Waals surface area contributed by atoms with Crippen molar-refractivity contribution >= 4 is 0 Å². The van der Waals surface area contributed by atoms with Crippen molar-refractivity contribution in [2.75, 3.05) is 0 Å². The molecule has 0 spiro atoms. The normalized spacial score (nSPS) is 9.55. The number of hydrogen-bond acceptors (Lipinski definition) is 2. The van der Waals surface area contributed by atoms with Crippen LogP contribution in [0.15, 0.2) is 0 Å². The van der Waals surface area contributed by atoms with Crippen molar-refractivity contribution in [1.82, 2.24) is 10.2 Å². The molecule has 0 fully saturated rings. The van der Waals surface area contributed by atoms with E-state index in [1.54, 1.807) is 0 Å². The lowest BCUT2D eigenvalue weighted by Gasteiger charge is -1.89. The number of hydrogen-bond donors (Lipinski definition) is 1. The zero-order valence-electron chi connectivity index (χ0n) is 6.81. The van der Waals surface area contributed by atoms with Crippen LogP contribution in [-0.4, -0.2) is 10.2 Å². The number of nitrogens with zero attached hydrogens (tertiary/aromatic N) is 2. The van der Waals surface area contributed by atoms with Crippen molar-refractivity contribution in [1.29, 1.82) is 5.26 Å². The lowest BCUT2D eigenvalue weighted by atomic mass is 10.1. The van der Waals surface area contributed by atoms with Gasteiger partial charge in [-0.2, -0.15) is 10.4 Å². The molecule has 3 heteroatoms. The summed E-state index contributed by atoms with van der Waals surface area (Å²) in [5.41, 5.74) is 2.56. The van der Waals surface area contributed by atoms with Gasteiger partial charge in [-0.15, -0.1) is 0 Å². The fraction of sp³-hybridized carbons (Fsp3) is 0.500. The average Bonchev–Trinajstić information content (AvgIpc) is 2.45. The quantitative estimate of drug-likeness (QED) is 0.691. The van der Waals surface area contributed by atoms with Crippen molar-refractivity contribution < 1.29 is 0 Å². The minimum absolute atomic E-state index is 0.731. The van der Waals surface area contributed by atoms with Crippen molar-refractivity contribution in [2.45, 2.75) is 26.7 Å². The largest absolute Gasteiger partial charge is 0.281 e. The van der Waals surface area contributed by atoms with Crippen LogP contribution in [0.4, 0.5) is 0 Å². The van der Waals surface area contributed by atoms with Crippen LogP contribution in [-0.2, 0) is 12.8 Å². The summed E-state index contributed by atoms with van der Waals surface area (Å²) in [4.78, 5) is 0. The summed E-state index contributed by atoms with van der Waals surface area (Å²) in [5.74, 6) is 0. The molecule has 0 aliphatic heterocycles. The smallest absolute Gasteiger partial charge is 0.103 e. The number of aromatic amines is 1. The highest BCUT2D eigenvalue weighted by molar-refractivity contribution is 5.37. The van der Waals surface area contributed by atoms with E-state index in [0.717, 1.165) is 29.8 Å². The molecular weight excluding hydrogens is 138 g/mol. The fourth-order valence-corrected chi connectivity index (χ4v) is 1.06. The van der Waals surface area contributed by atoms with Gasteiger partial charge in [-0.3, -0.25) is 5.10 Å². The Morgan fingerprint density at radius 2 is 2.18 bits per heavy atom. The maximum Gasteiger partial charge on any atom is 0.103 e. The molecule has 0 aliphatic carbocycles. The first-order valence-electron chi connectivity index (χ1n) is 3.79. The molecule has 58 valence electrons. The standard InChI is InChI=1S/C8H11N3/c1-3-7-6(5-9)8(4-2)11-10-7/h3-4H2,1-2H3,(H,10,11). The third-order valence-electron chi connectivity index (χ3n) is 1.72. The van der Waals surface area contributed by atoms with Crippen molar-refractivity contribution in [2.24, 2.45) is 0 Å². The molecule has 1 aromatic heterocycles. The third kappa shape index (κ3) is 1.25. The summed E-state index contributed by atoms with van der Waals surface area (Å²) in [6.45, 7) is 4.00. The summed E-state index contributed by atoms with van der Waals surface area (Å²) >= 11 is 0. The van der Waals surface area contributed by atoms with Crippen molar-refractivity contribution in [3.8, 4) is 6.07 Å². The Morgan fingerprint density at radius 1 is 1.45 bits per heavy atom. The Balaban J connectivity index is 3.12. The van der Waals surface area contributed by atoms with Gasteiger partial charge in [-0.25, -0.2) is 0 Å². The van der Waals surface area contributed by atoms with E-state index in [9.17, 15) is 0 Å². The monoisotopic (exact) mass is 149 g/mol. The molecule has 0 aromatic carbocycles. The van der Waals surface area contributed by atoms with E-state index >= 15 is 0 Å². The fourth-order valence-electron chi connectivity index (χ4n) is 1.06. The topological polar surface area (TPSA) is 52.5 Å². The Bertz CT molecular complexity index is 259. The molecule has 0 amide bonds. The minimum Gasteiger partial charge on any atom is -0.281 e. The highest BCUT2D eigenvalue weighted by Crippen LogP contribution is 2.10. The zero-order chi connectivity index (χ0) is 8.27. The SMILES string of the molecule is CCc1n[nH]c(CC)c1C#N. The maximum atomic E-state index is 8.74. The van der Waals surface area contributed by atoms with Gasteiger partial charge < -0.3 is 0 Å². The van der Waals surface area contributed by atoms with E-state index in [1.807, 2.05) is 13.8 Å². The van der Waals surface area contributed by atoms with Gasteiger partial charge in [-0.05, 0) is 12.8 Å². The molecule has 3 nitrogen and oxygen atoms in total. The average molecular weight is 149 g/mol.